The third kappa shape index (κ3) is 2.14. The van der Waals surface area contributed by atoms with Gasteiger partial charge in [-0.3, -0.25) is 0 Å². The van der Waals surface area contributed by atoms with E-state index >= 15 is 0 Å². The lowest BCUT2D eigenvalue weighted by Gasteiger charge is -2.06. The number of aromatic amines is 1. The summed E-state index contributed by atoms with van der Waals surface area (Å²) in [7, 11) is 3.10. The molecular formula is C15H14FN3O2. The van der Waals surface area contributed by atoms with E-state index in [0.29, 0.717) is 34.0 Å². The van der Waals surface area contributed by atoms with Gasteiger partial charge in [-0.15, -0.1) is 0 Å². The third-order valence-electron chi connectivity index (χ3n) is 3.27. The molecule has 2 aromatic carbocycles. The zero-order valence-corrected chi connectivity index (χ0v) is 11.6. The largest absolute Gasteiger partial charge is 0.493 e. The summed E-state index contributed by atoms with van der Waals surface area (Å²) in [5.74, 6) is 1.08. The smallest absolute Gasteiger partial charge is 0.163 e. The topological polar surface area (TPSA) is 73.2 Å². The van der Waals surface area contributed by atoms with Crippen LogP contribution >= 0.6 is 0 Å². The average Bonchev–Trinajstić information content (AvgIpc) is 2.87. The number of methoxy groups -OCH3 is 2. The number of anilines is 1. The van der Waals surface area contributed by atoms with Crippen molar-refractivity contribution >= 4 is 16.7 Å². The summed E-state index contributed by atoms with van der Waals surface area (Å²) in [6, 6.07) is 8.02. The van der Waals surface area contributed by atoms with Gasteiger partial charge < -0.3 is 20.2 Å². The van der Waals surface area contributed by atoms with Crippen LogP contribution in [0.2, 0.25) is 0 Å². The number of nitrogens with two attached hydrogens (primary N) is 1. The van der Waals surface area contributed by atoms with Crippen LogP contribution in [0.25, 0.3) is 22.4 Å². The lowest BCUT2D eigenvalue weighted by molar-refractivity contribution is 0.356. The van der Waals surface area contributed by atoms with Crippen molar-refractivity contribution < 1.29 is 13.9 Å². The number of hydrogen-bond donors (Lipinski definition) is 2. The Balaban J connectivity index is 2.22. The molecule has 0 aliphatic heterocycles. The lowest BCUT2D eigenvalue weighted by atomic mass is 10.1. The van der Waals surface area contributed by atoms with E-state index in [1.807, 2.05) is 0 Å². The van der Waals surface area contributed by atoms with E-state index in [4.69, 9.17) is 15.2 Å². The minimum absolute atomic E-state index is 0.256. The summed E-state index contributed by atoms with van der Waals surface area (Å²) < 4.78 is 24.4. The molecule has 3 aromatic rings. The number of nitrogens with zero attached hydrogens (tertiary/aromatic N) is 1. The Bertz CT molecular complexity index is 753. The number of ether oxygens (including phenoxy) is 2. The fraction of sp³-hybridized carbons (Fsp3) is 0.133. The van der Waals surface area contributed by atoms with Crippen molar-refractivity contribution in [3.8, 4) is 22.9 Å². The predicted octanol–water partition coefficient (Wildman–Crippen LogP) is 2.97. The average molecular weight is 287 g/mol. The Morgan fingerprint density at radius 1 is 1.14 bits per heavy atom. The van der Waals surface area contributed by atoms with Gasteiger partial charge in [-0.1, -0.05) is 6.07 Å². The first-order chi connectivity index (χ1) is 10.1. The van der Waals surface area contributed by atoms with Crippen molar-refractivity contribution in [1.29, 1.82) is 0 Å². The molecule has 1 heterocycles. The van der Waals surface area contributed by atoms with Crippen LogP contribution < -0.4 is 15.2 Å². The number of hydrogen-bond acceptors (Lipinski definition) is 4. The maximum Gasteiger partial charge on any atom is 0.163 e. The normalized spacial score (nSPS) is 10.8. The Hall–Kier alpha value is -2.76. The number of rotatable bonds is 3. The quantitative estimate of drug-likeness (QED) is 0.726. The minimum atomic E-state index is -0.423. The van der Waals surface area contributed by atoms with Gasteiger partial charge in [0.1, 0.15) is 11.6 Å². The second-order valence-electron chi connectivity index (χ2n) is 4.51. The van der Waals surface area contributed by atoms with Crippen LogP contribution in [0.15, 0.2) is 30.3 Å². The van der Waals surface area contributed by atoms with Gasteiger partial charge >= 0.3 is 0 Å². The zero-order chi connectivity index (χ0) is 15.0. The molecule has 1 aromatic heterocycles. The minimum Gasteiger partial charge on any atom is -0.493 e. The van der Waals surface area contributed by atoms with Crippen LogP contribution in [0.3, 0.4) is 0 Å². The maximum atomic E-state index is 14.0. The molecule has 3 rings (SSSR count). The maximum absolute atomic E-state index is 14.0. The molecule has 3 N–H and O–H groups in total. The number of imidazole rings is 1. The summed E-state index contributed by atoms with van der Waals surface area (Å²) in [5.41, 5.74) is 7.78. The highest BCUT2D eigenvalue weighted by Crippen LogP contribution is 2.34. The Morgan fingerprint density at radius 3 is 2.52 bits per heavy atom. The monoisotopic (exact) mass is 287 g/mol. The number of aromatic nitrogens is 2. The molecular weight excluding hydrogens is 273 g/mol. The SMILES string of the molecule is COc1cc2nc(-c3c(N)cccc3F)[nH]c2cc1OC. The second kappa shape index (κ2) is 4.97. The van der Waals surface area contributed by atoms with Crippen molar-refractivity contribution in [3.05, 3.63) is 36.1 Å². The van der Waals surface area contributed by atoms with E-state index in [9.17, 15) is 4.39 Å². The molecule has 0 radical (unpaired) electrons. The van der Waals surface area contributed by atoms with Gasteiger partial charge in [-0.25, -0.2) is 9.37 Å². The van der Waals surface area contributed by atoms with Crippen LogP contribution in [0.1, 0.15) is 0 Å². The standard InChI is InChI=1S/C15H14FN3O2/c1-20-12-6-10-11(7-13(12)21-2)19-15(18-10)14-8(16)4-3-5-9(14)17/h3-7H,17H2,1-2H3,(H,18,19). The third-order valence-corrected chi connectivity index (χ3v) is 3.27. The summed E-state index contributed by atoms with van der Waals surface area (Å²) >= 11 is 0. The molecule has 0 saturated carbocycles. The molecule has 6 heteroatoms. The molecule has 0 unspecified atom stereocenters. The Labute approximate surface area is 120 Å². The van der Waals surface area contributed by atoms with Gasteiger partial charge in [0, 0.05) is 17.8 Å². The van der Waals surface area contributed by atoms with Gasteiger partial charge in [-0.2, -0.15) is 0 Å². The fourth-order valence-electron chi connectivity index (χ4n) is 2.25. The van der Waals surface area contributed by atoms with E-state index in [0.717, 1.165) is 0 Å². The molecule has 5 nitrogen and oxygen atoms in total. The van der Waals surface area contributed by atoms with E-state index in [2.05, 4.69) is 9.97 Å². The molecule has 0 amide bonds. The fourth-order valence-corrected chi connectivity index (χ4v) is 2.25. The Morgan fingerprint density at radius 2 is 1.86 bits per heavy atom. The molecule has 21 heavy (non-hydrogen) atoms. The van der Waals surface area contributed by atoms with Gasteiger partial charge in [0.2, 0.25) is 0 Å². The number of H-pyrrole nitrogens is 1. The van der Waals surface area contributed by atoms with E-state index < -0.39 is 5.82 Å². The van der Waals surface area contributed by atoms with Gasteiger partial charge in [0.15, 0.2) is 11.5 Å². The van der Waals surface area contributed by atoms with Crippen molar-refractivity contribution in [3.63, 3.8) is 0 Å². The summed E-state index contributed by atoms with van der Waals surface area (Å²) in [6.45, 7) is 0. The van der Waals surface area contributed by atoms with E-state index in [-0.39, 0.29) is 5.56 Å². The van der Waals surface area contributed by atoms with Crippen LogP contribution in [-0.4, -0.2) is 24.2 Å². The van der Waals surface area contributed by atoms with Gasteiger partial charge in [-0.05, 0) is 12.1 Å². The molecule has 108 valence electrons. The van der Waals surface area contributed by atoms with Crippen LogP contribution in [0, 0.1) is 5.82 Å². The number of benzene rings is 2. The molecule has 0 aliphatic carbocycles. The van der Waals surface area contributed by atoms with Crippen molar-refractivity contribution in [2.24, 2.45) is 0 Å². The number of nitrogens with one attached hydrogen (secondary N) is 1. The summed E-state index contributed by atoms with van der Waals surface area (Å²) in [4.78, 5) is 7.43. The number of fused-ring (bicyclic) bond motifs is 1. The van der Waals surface area contributed by atoms with Gasteiger partial charge in [0.05, 0.1) is 30.8 Å². The van der Waals surface area contributed by atoms with Crippen molar-refractivity contribution in [1.82, 2.24) is 9.97 Å². The molecule has 0 atom stereocenters. The molecule has 0 bridgehead atoms. The first-order valence-corrected chi connectivity index (χ1v) is 6.30. The summed E-state index contributed by atoms with van der Waals surface area (Å²) in [5, 5.41) is 0. The lowest BCUT2D eigenvalue weighted by Crippen LogP contribution is -1.94. The first kappa shape index (κ1) is 13.2. The Kier molecular flexibility index (Phi) is 3.13. The first-order valence-electron chi connectivity index (χ1n) is 6.30. The van der Waals surface area contributed by atoms with Crippen LogP contribution in [0.4, 0.5) is 10.1 Å². The highest BCUT2D eigenvalue weighted by Gasteiger charge is 2.15. The zero-order valence-electron chi connectivity index (χ0n) is 11.6. The van der Waals surface area contributed by atoms with Gasteiger partial charge in [0.25, 0.3) is 0 Å². The van der Waals surface area contributed by atoms with Crippen molar-refractivity contribution in [2.45, 2.75) is 0 Å². The van der Waals surface area contributed by atoms with Crippen LogP contribution in [0.5, 0.6) is 11.5 Å². The van der Waals surface area contributed by atoms with Crippen molar-refractivity contribution in [2.75, 3.05) is 20.0 Å². The predicted molar refractivity (Wildman–Crippen MR) is 79.0 cm³/mol. The molecule has 0 spiro atoms. The van der Waals surface area contributed by atoms with E-state index in [1.165, 1.54) is 6.07 Å². The molecule has 0 saturated heterocycles. The summed E-state index contributed by atoms with van der Waals surface area (Å²) in [6.07, 6.45) is 0. The highest BCUT2D eigenvalue weighted by atomic mass is 19.1. The van der Waals surface area contributed by atoms with E-state index in [1.54, 1.807) is 38.5 Å². The number of nitrogen functional groups attached to an aromatic ring is 1. The van der Waals surface area contributed by atoms with Crippen LogP contribution in [-0.2, 0) is 0 Å². The second-order valence-corrected chi connectivity index (χ2v) is 4.51. The number of halogens is 1. The molecule has 0 aliphatic rings. The molecule has 0 fully saturated rings. The highest BCUT2D eigenvalue weighted by molar-refractivity contribution is 5.85.